The van der Waals surface area contributed by atoms with Crippen molar-refractivity contribution in [3.05, 3.63) is 35.4 Å². The van der Waals surface area contributed by atoms with Gasteiger partial charge in [0.2, 0.25) is 0 Å². The van der Waals surface area contributed by atoms with Crippen LogP contribution in [0.25, 0.3) is 0 Å². The summed E-state index contributed by atoms with van der Waals surface area (Å²) < 4.78 is 5.39. The predicted octanol–water partition coefficient (Wildman–Crippen LogP) is 2.37. The van der Waals surface area contributed by atoms with Crippen LogP contribution in [0, 0.1) is 13.8 Å². The van der Waals surface area contributed by atoms with Gasteiger partial charge in [-0.25, -0.2) is 9.97 Å². The first kappa shape index (κ1) is 13.6. The van der Waals surface area contributed by atoms with E-state index in [9.17, 15) is 0 Å². The van der Waals surface area contributed by atoms with Crippen LogP contribution >= 0.6 is 11.8 Å². The summed E-state index contributed by atoms with van der Waals surface area (Å²) in [4.78, 5) is 12.7. The minimum Gasteiger partial charge on any atom is -0.496 e. The summed E-state index contributed by atoms with van der Waals surface area (Å²) in [7, 11) is 1.67. The lowest BCUT2D eigenvalue weighted by atomic mass is 10.1. The maximum absolute atomic E-state index is 5.76. The number of aryl methyl sites for hydroxylation is 1. The summed E-state index contributed by atoms with van der Waals surface area (Å²) in [6.07, 6.45) is 5.04. The second-order valence-electron chi connectivity index (χ2n) is 4.08. The molecule has 2 aromatic rings. The molecule has 0 fully saturated rings. The van der Waals surface area contributed by atoms with E-state index in [1.165, 1.54) is 11.8 Å². The SMILES string of the molecule is COc1c(C)cnc(CSc2nccnc2N)c1C. The molecule has 0 atom stereocenters. The van der Waals surface area contributed by atoms with Crippen LogP contribution in [0.3, 0.4) is 0 Å². The van der Waals surface area contributed by atoms with Crippen LogP contribution in [0.5, 0.6) is 5.75 Å². The van der Waals surface area contributed by atoms with E-state index in [0.717, 1.165) is 27.6 Å². The molecular weight excluding hydrogens is 260 g/mol. The minimum absolute atomic E-state index is 0.448. The van der Waals surface area contributed by atoms with Crippen molar-refractivity contribution in [3.63, 3.8) is 0 Å². The lowest BCUT2D eigenvalue weighted by Gasteiger charge is -2.12. The largest absolute Gasteiger partial charge is 0.496 e. The number of nitrogens with two attached hydrogens (primary N) is 1. The van der Waals surface area contributed by atoms with Crippen molar-refractivity contribution in [2.45, 2.75) is 24.6 Å². The number of rotatable bonds is 4. The normalized spacial score (nSPS) is 10.5. The summed E-state index contributed by atoms with van der Waals surface area (Å²) in [5.74, 6) is 2.02. The molecule has 0 spiro atoms. The van der Waals surface area contributed by atoms with Crippen LogP contribution < -0.4 is 10.5 Å². The van der Waals surface area contributed by atoms with E-state index in [1.807, 2.05) is 20.0 Å². The first-order valence-corrected chi connectivity index (χ1v) is 6.80. The van der Waals surface area contributed by atoms with E-state index < -0.39 is 0 Å². The Balaban J connectivity index is 2.19. The maximum Gasteiger partial charge on any atom is 0.156 e. The molecule has 19 heavy (non-hydrogen) atoms. The first-order valence-electron chi connectivity index (χ1n) is 5.81. The van der Waals surface area contributed by atoms with Gasteiger partial charge >= 0.3 is 0 Å². The number of hydrogen-bond acceptors (Lipinski definition) is 6. The summed E-state index contributed by atoms with van der Waals surface area (Å²) in [6.45, 7) is 3.99. The van der Waals surface area contributed by atoms with Gasteiger partial charge in [-0.1, -0.05) is 11.8 Å². The van der Waals surface area contributed by atoms with E-state index in [-0.39, 0.29) is 0 Å². The molecule has 6 heteroatoms. The standard InChI is InChI=1S/C13H16N4OS/c1-8-6-17-10(9(2)11(8)18-3)7-19-13-12(14)15-4-5-16-13/h4-6H,7H2,1-3H3,(H2,14,15). The summed E-state index contributed by atoms with van der Waals surface area (Å²) in [5, 5.41) is 0.725. The van der Waals surface area contributed by atoms with Gasteiger partial charge < -0.3 is 10.5 Å². The van der Waals surface area contributed by atoms with Crippen molar-refractivity contribution in [1.29, 1.82) is 0 Å². The van der Waals surface area contributed by atoms with Gasteiger partial charge in [0, 0.05) is 35.5 Å². The molecule has 0 amide bonds. The highest BCUT2D eigenvalue weighted by Crippen LogP contribution is 2.29. The van der Waals surface area contributed by atoms with Gasteiger partial charge in [-0.2, -0.15) is 0 Å². The molecule has 2 rings (SSSR count). The lowest BCUT2D eigenvalue weighted by molar-refractivity contribution is 0.407. The highest BCUT2D eigenvalue weighted by molar-refractivity contribution is 7.98. The molecule has 2 aromatic heterocycles. The van der Waals surface area contributed by atoms with Crippen molar-refractivity contribution >= 4 is 17.6 Å². The van der Waals surface area contributed by atoms with Gasteiger partial charge in [-0.05, 0) is 13.8 Å². The molecule has 0 saturated heterocycles. The number of nitrogen functional groups attached to an aromatic ring is 1. The monoisotopic (exact) mass is 276 g/mol. The zero-order valence-electron chi connectivity index (χ0n) is 11.2. The molecule has 0 aliphatic heterocycles. The number of pyridine rings is 1. The number of methoxy groups -OCH3 is 1. The molecule has 0 bridgehead atoms. The van der Waals surface area contributed by atoms with Crippen molar-refractivity contribution in [2.75, 3.05) is 12.8 Å². The number of ether oxygens (including phenoxy) is 1. The van der Waals surface area contributed by atoms with Gasteiger partial charge in [-0.15, -0.1) is 0 Å². The van der Waals surface area contributed by atoms with Crippen LogP contribution in [-0.2, 0) is 5.75 Å². The van der Waals surface area contributed by atoms with Crippen LogP contribution in [0.2, 0.25) is 0 Å². The van der Waals surface area contributed by atoms with Crippen molar-refractivity contribution in [1.82, 2.24) is 15.0 Å². The number of hydrogen-bond donors (Lipinski definition) is 1. The number of nitrogens with zero attached hydrogens (tertiary/aromatic N) is 3. The van der Waals surface area contributed by atoms with Gasteiger partial charge in [-0.3, -0.25) is 4.98 Å². The third-order valence-electron chi connectivity index (χ3n) is 2.79. The molecule has 0 aromatic carbocycles. The molecule has 0 unspecified atom stereocenters. The summed E-state index contributed by atoms with van der Waals surface area (Å²) >= 11 is 1.52. The molecule has 0 aliphatic rings. The molecule has 0 aliphatic carbocycles. The van der Waals surface area contributed by atoms with E-state index in [0.29, 0.717) is 11.6 Å². The quantitative estimate of drug-likeness (QED) is 0.864. The lowest BCUT2D eigenvalue weighted by Crippen LogP contribution is -2.00. The van der Waals surface area contributed by atoms with Gasteiger partial charge in [0.25, 0.3) is 0 Å². The fourth-order valence-corrected chi connectivity index (χ4v) is 2.70. The van der Waals surface area contributed by atoms with E-state index in [2.05, 4.69) is 15.0 Å². The first-order chi connectivity index (χ1) is 9.13. The molecule has 2 N–H and O–H groups in total. The zero-order valence-corrected chi connectivity index (χ0v) is 12.0. The Hall–Kier alpha value is -1.82. The van der Waals surface area contributed by atoms with Crippen LogP contribution in [-0.4, -0.2) is 22.1 Å². The molecule has 0 saturated carbocycles. The Morgan fingerprint density at radius 1 is 1.21 bits per heavy atom. The molecule has 100 valence electrons. The highest BCUT2D eigenvalue weighted by atomic mass is 32.2. The molecule has 5 nitrogen and oxygen atoms in total. The maximum atomic E-state index is 5.76. The van der Waals surface area contributed by atoms with E-state index in [1.54, 1.807) is 19.5 Å². The van der Waals surface area contributed by atoms with Crippen LogP contribution in [0.1, 0.15) is 16.8 Å². The summed E-state index contributed by atoms with van der Waals surface area (Å²) in [5.41, 5.74) is 8.82. The minimum atomic E-state index is 0.448. The van der Waals surface area contributed by atoms with Gasteiger partial charge in [0.1, 0.15) is 10.8 Å². The Morgan fingerprint density at radius 2 is 1.95 bits per heavy atom. The Kier molecular flexibility index (Phi) is 4.21. The average molecular weight is 276 g/mol. The average Bonchev–Trinajstić information content (AvgIpc) is 2.40. The Morgan fingerprint density at radius 3 is 2.63 bits per heavy atom. The van der Waals surface area contributed by atoms with Crippen molar-refractivity contribution in [2.24, 2.45) is 0 Å². The number of thioether (sulfide) groups is 1. The Bertz CT molecular complexity index is 589. The van der Waals surface area contributed by atoms with Crippen molar-refractivity contribution < 1.29 is 4.74 Å². The highest BCUT2D eigenvalue weighted by Gasteiger charge is 2.11. The van der Waals surface area contributed by atoms with Gasteiger partial charge in [0.15, 0.2) is 5.82 Å². The third kappa shape index (κ3) is 2.96. The Labute approximate surface area is 116 Å². The second kappa shape index (κ2) is 5.88. The van der Waals surface area contributed by atoms with Crippen LogP contribution in [0.15, 0.2) is 23.6 Å². The third-order valence-corrected chi connectivity index (χ3v) is 3.79. The predicted molar refractivity (Wildman–Crippen MR) is 76.3 cm³/mol. The second-order valence-corrected chi connectivity index (χ2v) is 5.05. The number of aromatic nitrogens is 3. The topological polar surface area (TPSA) is 73.9 Å². The van der Waals surface area contributed by atoms with Crippen LogP contribution in [0.4, 0.5) is 5.82 Å². The zero-order chi connectivity index (χ0) is 13.8. The number of anilines is 1. The molecular formula is C13H16N4OS. The molecule has 2 heterocycles. The summed E-state index contributed by atoms with van der Waals surface area (Å²) in [6, 6.07) is 0. The van der Waals surface area contributed by atoms with E-state index in [4.69, 9.17) is 10.5 Å². The fraction of sp³-hybridized carbons (Fsp3) is 0.308. The van der Waals surface area contributed by atoms with Crippen molar-refractivity contribution in [3.8, 4) is 5.75 Å². The molecule has 0 radical (unpaired) electrons. The fourth-order valence-electron chi connectivity index (χ4n) is 1.80. The van der Waals surface area contributed by atoms with Gasteiger partial charge in [0.05, 0.1) is 12.8 Å². The van der Waals surface area contributed by atoms with E-state index >= 15 is 0 Å². The smallest absolute Gasteiger partial charge is 0.156 e.